The van der Waals surface area contributed by atoms with Gasteiger partial charge in [-0.1, -0.05) is 12.1 Å². The number of para-hydroxylation sites is 2. The molecule has 0 aliphatic carbocycles. The van der Waals surface area contributed by atoms with Crippen LogP contribution in [-0.4, -0.2) is 42.4 Å². The number of benzene rings is 1. The third-order valence-electron chi connectivity index (χ3n) is 5.48. The van der Waals surface area contributed by atoms with Crippen LogP contribution >= 0.6 is 0 Å². The molecule has 0 aromatic heterocycles. The number of carbonyl (C=O) groups excluding carboxylic acids is 3. The van der Waals surface area contributed by atoms with Crippen molar-refractivity contribution in [2.75, 3.05) is 16.8 Å². The van der Waals surface area contributed by atoms with Gasteiger partial charge in [-0.3, -0.25) is 14.4 Å². The summed E-state index contributed by atoms with van der Waals surface area (Å²) in [7, 11) is 0. The van der Waals surface area contributed by atoms with Crippen molar-refractivity contribution in [2.24, 2.45) is 0 Å². The highest BCUT2D eigenvalue weighted by atomic mass is 16.2. The van der Waals surface area contributed by atoms with Gasteiger partial charge in [-0.25, -0.2) is 0 Å². The van der Waals surface area contributed by atoms with Gasteiger partial charge in [0.15, 0.2) is 0 Å². The van der Waals surface area contributed by atoms with E-state index >= 15 is 0 Å². The van der Waals surface area contributed by atoms with Crippen molar-refractivity contribution in [1.82, 2.24) is 10.6 Å². The molecule has 26 heavy (non-hydrogen) atoms. The molecule has 4 rings (SSSR count). The molecular formula is C19H24N4O3. The smallest absolute Gasteiger partial charge is 0.244 e. The Morgan fingerprint density at radius 2 is 1.85 bits per heavy atom. The summed E-state index contributed by atoms with van der Waals surface area (Å²) in [5.74, 6) is -0.501. The van der Waals surface area contributed by atoms with Crippen LogP contribution in [0.15, 0.2) is 24.3 Å². The maximum atomic E-state index is 12.6. The predicted molar refractivity (Wildman–Crippen MR) is 97.8 cm³/mol. The first-order valence-electron chi connectivity index (χ1n) is 9.33. The lowest BCUT2D eigenvalue weighted by Crippen LogP contribution is -2.48. The summed E-state index contributed by atoms with van der Waals surface area (Å²) in [6.07, 6.45) is 4.56. The third kappa shape index (κ3) is 3.58. The number of piperidine rings is 1. The van der Waals surface area contributed by atoms with Gasteiger partial charge in [-0.05, 0) is 37.8 Å². The third-order valence-corrected chi connectivity index (χ3v) is 5.48. The maximum Gasteiger partial charge on any atom is 0.244 e. The number of hydrogen-bond acceptors (Lipinski definition) is 4. The molecule has 138 valence electrons. The lowest BCUT2D eigenvalue weighted by atomic mass is 9.99. The zero-order chi connectivity index (χ0) is 18.1. The predicted octanol–water partition coefficient (Wildman–Crippen LogP) is 1.15. The standard InChI is InChI=1S/C19H24N4O3/c24-17(21-14-9-12-5-6-13(10-14)20-12)7-8-19(26)23-11-18(25)22-15-3-1-2-4-16(15)23/h1-4,12-14,20H,5-11H2,(H,21,24)(H,22,25). The van der Waals surface area contributed by atoms with Gasteiger partial charge in [0.1, 0.15) is 6.54 Å². The Morgan fingerprint density at radius 3 is 2.62 bits per heavy atom. The first-order chi connectivity index (χ1) is 12.6. The number of carbonyl (C=O) groups is 3. The van der Waals surface area contributed by atoms with Gasteiger partial charge in [0.2, 0.25) is 17.7 Å². The van der Waals surface area contributed by atoms with Crippen molar-refractivity contribution in [3.63, 3.8) is 0 Å². The highest BCUT2D eigenvalue weighted by Crippen LogP contribution is 2.29. The highest BCUT2D eigenvalue weighted by molar-refractivity contribution is 6.10. The SMILES string of the molecule is O=C1CN(C(=O)CCC(=O)NC2CC3CCC(C2)N3)c2ccccc2N1. The van der Waals surface area contributed by atoms with Gasteiger partial charge in [0.25, 0.3) is 0 Å². The molecule has 1 aromatic carbocycles. The second-order valence-electron chi connectivity index (χ2n) is 7.42. The number of nitrogens with zero attached hydrogens (tertiary/aromatic N) is 1. The van der Waals surface area contributed by atoms with E-state index in [1.54, 1.807) is 12.1 Å². The largest absolute Gasteiger partial charge is 0.353 e. The quantitative estimate of drug-likeness (QED) is 0.755. The van der Waals surface area contributed by atoms with E-state index in [9.17, 15) is 14.4 Å². The molecule has 1 aromatic rings. The van der Waals surface area contributed by atoms with Crippen molar-refractivity contribution >= 4 is 29.1 Å². The van der Waals surface area contributed by atoms with Gasteiger partial charge >= 0.3 is 0 Å². The van der Waals surface area contributed by atoms with E-state index < -0.39 is 0 Å². The summed E-state index contributed by atoms with van der Waals surface area (Å²) >= 11 is 0. The van der Waals surface area contributed by atoms with Crippen LogP contribution in [-0.2, 0) is 14.4 Å². The fourth-order valence-corrected chi connectivity index (χ4v) is 4.29. The summed E-state index contributed by atoms with van der Waals surface area (Å²) in [5, 5.41) is 9.39. The van der Waals surface area contributed by atoms with Crippen LogP contribution in [0.5, 0.6) is 0 Å². The van der Waals surface area contributed by atoms with E-state index in [1.807, 2.05) is 12.1 Å². The molecule has 2 unspecified atom stereocenters. The number of amides is 3. The summed E-state index contributed by atoms with van der Waals surface area (Å²) in [5.41, 5.74) is 1.32. The monoisotopic (exact) mass is 356 g/mol. The fraction of sp³-hybridized carbons (Fsp3) is 0.526. The van der Waals surface area contributed by atoms with E-state index in [0.717, 1.165) is 12.8 Å². The molecule has 7 heteroatoms. The van der Waals surface area contributed by atoms with Crippen molar-refractivity contribution in [1.29, 1.82) is 0 Å². The molecule has 0 radical (unpaired) electrons. The van der Waals surface area contributed by atoms with E-state index in [1.165, 1.54) is 17.7 Å². The van der Waals surface area contributed by atoms with Gasteiger partial charge in [0.05, 0.1) is 11.4 Å². The van der Waals surface area contributed by atoms with Gasteiger partial charge in [-0.2, -0.15) is 0 Å². The Morgan fingerprint density at radius 1 is 1.12 bits per heavy atom. The molecule has 2 bridgehead atoms. The molecule has 2 fully saturated rings. The first-order valence-corrected chi connectivity index (χ1v) is 9.33. The van der Waals surface area contributed by atoms with Gasteiger partial charge in [-0.15, -0.1) is 0 Å². The van der Waals surface area contributed by atoms with Gasteiger partial charge in [0, 0.05) is 31.0 Å². The van der Waals surface area contributed by atoms with E-state index in [4.69, 9.17) is 0 Å². The van der Waals surface area contributed by atoms with Crippen molar-refractivity contribution < 1.29 is 14.4 Å². The van der Waals surface area contributed by atoms with Crippen LogP contribution < -0.4 is 20.9 Å². The molecule has 3 amide bonds. The van der Waals surface area contributed by atoms with E-state index in [2.05, 4.69) is 16.0 Å². The normalized spacial score (nSPS) is 26.8. The van der Waals surface area contributed by atoms with Crippen molar-refractivity contribution in [3.05, 3.63) is 24.3 Å². The summed E-state index contributed by atoms with van der Waals surface area (Å²) in [6, 6.07) is 8.45. The lowest BCUT2D eigenvalue weighted by Gasteiger charge is -2.30. The molecular weight excluding hydrogens is 332 g/mol. The molecule has 3 N–H and O–H groups in total. The number of nitrogens with one attached hydrogen (secondary N) is 3. The first kappa shape index (κ1) is 17.0. The number of fused-ring (bicyclic) bond motifs is 3. The van der Waals surface area contributed by atoms with Crippen LogP contribution in [0.4, 0.5) is 11.4 Å². The Labute approximate surface area is 152 Å². The van der Waals surface area contributed by atoms with Crippen molar-refractivity contribution in [3.8, 4) is 0 Å². The second kappa shape index (κ2) is 7.07. The highest BCUT2D eigenvalue weighted by Gasteiger charge is 2.34. The average molecular weight is 356 g/mol. The average Bonchev–Trinajstić information content (AvgIpc) is 2.97. The van der Waals surface area contributed by atoms with Crippen LogP contribution in [0.2, 0.25) is 0 Å². The zero-order valence-electron chi connectivity index (χ0n) is 14.7. The van der Waals surface area contributed by atoms with Crippen molar-refractivity contribution in [2.45, 2.75) is 56.7 Å². The van der Waals surface area contributed by atoms with E-state index in [0.29, 0.717) is 23.5 Å². The van der Waals surface area contributed by atoms with Crippen LogP contribution in [0.1, 0.15) is 38.5 Å². The van der Waals surface area contributed by atoms with E-state index in [-0.39, 0.29) is 43.1 Å². The zero-order valence-corrected chi connectivity index (χ0v) is 14.7. The number of hydrogen-bond donors (Lipinski definition) is 3. The Bertz CT molecular complexity index is 723. The molecule has 3 aliphatic heterocycles. The minimum Gasteiger partial charge on any atom is -0.353 e. The number of rotatable bonds is 4. The molecule has 2 saturated heterocycles. The van der Waals surface area contributed by atoms with Crippen LogP contribution in [0.25, 0.3) is 0 Å². The molecule has 2 atom stereocenters. The molecule has 0 spiro atoms. The summed E-state index contributed by atoms with van der Waals surface area (Å²) in [6.45, 7) is -0.00484. The topological polar surface area (TPSA) is 90.5 Å². The van der Waals surface area contributed by atoms with Crippen LogP contribution in [0.3, 0.4) is 0 Å². The van der Waals surface area contributed by atoms with Crippen LogP contribution in [0, 0.1) is 0 Å². The minimum atomic E-state index is -0.216. The Kier molecular flexibility index (Phi) is 4.63. The fourth-order valence-electron chi connectivity index (χ4n) is 4.29. The lowest BCUT2D eigenvalue weighted by molar-refractivity contribution is -0.126. The molecule has 7 nitrogen and oxygen atoms in total. The summed E-state index contributed by atoms with van der Waals surface area (Å²) in [4.78, 5) is 38.1. The number of anilines is 2. The maximum absolute atomic E-state index is 12.6. The second-order valence-corrected chi connectivity index (χ2v) is 7.42. The molecule has 0 saturated carbocycles. The summed E-state index contributed by atoms with van der Waals surface area (Å²) < 4.78 is 0. The Balaban J connectivity index is 1.31. The molecule has 3 aliphatic rings. The van der Waals surface area contributed by atoms with Gasteiger partial charge < -0.3 is 20.9 Å². The minimum absolute atomic E-state index is 0.00484. The Hall–Kier alpha value is -2.41. The molecule has 3 heterocycles.